The first-order valence-corrected chi connectivity index (χ1v) is 12.4. The second kappa shape index (κ2) is 11.6. The molecule has 0 bridgehead atoms. The summed E-state index contributed by atoms with van der Waals surface area (Å²) in [7, 11) is 2.03. The molecular weight excluding hydrogens is 456 g/mol. The Bertz CT molecular complexity index is 1220. The van der Waals surface area contributed by atoms with Crippen molar-refractivity contribution in [3.8, 4) is 17.2 Å². The van der Waals surface area contributed by atoms with Gasteiger partial charge in [0, 0.05) is 42.7 Å². The Labute approximate surface area is 213 Å². The van der Waals surface area contributed by atoms with Crippen molar-refractivity contribution in [2.45, 2.75) is 46.6 Å². The molecule has 1 unspecified atom stereocenters. The van der Waals surface area contributed by atoms with Gasteiger partial charge in [-0.05, 0) is 51.9 Å². The lowest BCUT2D eigenvalue weighted by Crippen LogP contribution is -2.30. The van der Waals surface area contributed by atoms with E-state index in [1.54, 1.807) is 23.0 Å². The standard InChI is InChI=1S/C20H19N3O3.C6H13NO.C2H6/c1-13(2)22-8-9-25-19-10-16(4-5-17(19)22)26-18-6-7-21-23-11-15(12-24)14(3)20(18)23;1-6(8)3-4-7(2)5-6;1-2/h4-7,10-12H,1,8-9H2,2-3H3;8H,3-5H2,1-2H3;1-2H3. The molecular formula is C28H38N4O4. The van der Waals surface area contributed by atoms with Crippen LogP contribution in [0.1, 0.15) is 50.0 Å². The Morgan fingerprint density at radius 1 is 1.28 bits per heavy atom. The third kappa shape index (κ3) is 6.06. The number of aromatic nitrogens is 2. The molecule has 8 heteroatoms. The molecule has 0 saturated carbocycles. The SMILES string of the molecule is C=C(C)N1CCOc2cc(Oc3ccnn4cc(C=O)c(C)c34)ccc21.CC.CN1CCC(C)(O)C1. The summed E-state index contributed by atoms with van der Waals surface area (Å²) in [5, 5.41) is 13.6. The summed E-state index contributed by atoms with van der Waals surface area (Å²) in [5.74, 6) is 2.06. The van der Waals surface area contributed by atoms with Gasteiger partial charge in [0.1, 0.15) is 23.6 Å². The maximum atomic E-state index is 11.2. The number of hydrogen-bond donors (Lipinski definition) is 1. The quantitative estimate of drug-likeness (QED) is 0.507. The first-order valence-electron chi connectivity index (χ1n) is 12.4. The van der Waals surface area contributed by atoms with Gasteiger partial charge in [0.15, 0.2) is 12.0 Å². The highest BCUT2D eigenvalue weighted by Gasteiger charge is 2.28. The molecule has 0 spiro atoms. The second-order valence-electron chi connectivity index (χ2n) is 9.27. The molecule has 1 saturated heterocycles. The first kappa shape index (κ1) is 27.2. The third-order valence-electron chi connectivity index (χ3n) is 6.18. The Hall–Kier alpha value is -3.36. The van der Waals surface area contributed by atoms with E-state index in [0.717, 1.165) is 60.6 Å². The lowest BCUT2D eigenvalue weighted by atomic mass is 10.1. The summed E-state index contributed by atoms with van der Waals surface area (Å²) in [5.41, 5.74) is 3.76. The fourth-order valence-corrected chi connectivity index (χ4v) is 4.40. The van der Waals surface area contributed by atoms with Crippen molar-refractivity contribution in [1.82, 2.24) is 14.5 Å². The molecule has 0 radical (unpaired) electrons. The molecule has 5 rings (SSSR count). The number of aldehydes is 1. The summed E-state index contributed by atoms with van der Waals surface area (Å²) in [6, 6.07) is 7.54. The van der Waals surface area contributed by atoms with E-state index in [4.69, 9.17) is 9.47 Å². The van der Waals surface area contributed by atoms with E-state index < -0.39 is 5.60 Å². The average Bonchev–Trinajstić information content (AvgIpc) is 3.37. The van der Waals surface area contributed by atoms with E-state index in [0.29, 0.717) is 23.7 Å². The molecule has 194 valence electrons. The molecule has 4 heterocycles. The first-order chi connectivity index (χ1) is 17.2. The fourth-order valence-electron chi connectivity index (χ4n) is 4.40. The molecule has 1 atom stereocenters. The lowest BCUT2D eigenvalue weighted by molar-refractivity contribution is 0.0718. The molecule has 1 fully saturated rings. The number of rotatable bonds is 4. The van der Waals surface area contributed by atoms with E-state index in [1.165, 1.54) is 0 Å². The van der Waals surface area contributed by atoms with Crippen molar-refractivity contribution in [3.05, 3.63) is 60.1 Å². The zero-order chi connectivity index (χ0) is 26.5. The third-order valence-corrected chi connectivity index (χ3v) is 6.18. The van der Waals surface area contributed by atoms with Crippen molar-refractivity contribution in [1.29, 1.82) is 0 Å². The lowest BCUT2D eigenvalue weighted by Gasteiger charge is -2.31. The van der Waals surface area contributed by atoms with Crippen LogP contribution in [-0.4, -0.2) is 64.8 Å². The molecule has 0 amide bonds. The summed E-state index contributed by atoms with van der Waals surface area (Å²) in [6.45, 7) is 17.0. The normalized spacial score (nSPS) is 18.8. The highest BCUT2D eigenvalue weighted by molar-refractivity contribution is 5.84. The van der Waals surface area contributed by atoms with Crippen LogP contribution in [0.15, 0.2) is 48.9 Å². The van der Waals surface area contributed by atoms with Gasteiger partial charge in [-0.3, -0.25) is 4.79 Å². The highest BCUT2D eigenvalue weighted by Crippen LogP contribution is 2.38. The Balaban J connectivity index is 0.000000305. The predicted octanol–water partition coefficient (Wildman–Crippen LogP) is 5.08. The summed E-state index contributed by atoms with van der Waals surface area (Å²) >= 11 is 0. The number of allylic oxidation sites excluding steroid dienone is 1. The smallest absolute Gasteiger partial charge is 0.154 e. The highest BCUT2D eigenvalue weighted by atomic mass is 16.5. The van der Waals surface area contributed by atoms with Crippen molar-refractivity contribution in [3.63, 3.8) is 0 Å². The number of anilines is 1. The van der Waals surface area contributed by atoms with E-state index in [9.17, 15) is 9.90 Å². The van der Waals surface area contributed by atoms with Gasteiger partial charge in [0.2, 0.25) is 0 Å². The van der Waals surface area contributed by atoms with Gasteiger partial charge in [-0.2, -0.15) is 5.10 Å². The number of aryl methyl sites for hydroxylation is 1. The molecule has 2 aromatic heterocycles. The van der Waals surface area contributed by atoms with Crippen LogP contribution in [0, 0.1) is 6.92 Å². The average molecular weight is 495 g/mol. The molecule has 3 aromatic rings. The van der Waals surface area contributed by atoms with Crippen LogP contribution >= 0.6 is 0 Å². The van der Waals surface area contributed by atoms with Crippen molar-refractivity contribution < 1.29 is 19.4 Å². The number of benzene rings is 1. The van der Waals surface area contributed by atoms with Crippen LogP contribution in [0.5, 0.6) is 17.2 Å². The molecule has 1 aromatic carbocycles. The summed E-state index contributed by atoms with van der Waals surface area (Å²) in [4.78, 5) is 15.5. The van der Waals surface area contributed by atoms with Crippen LogP contribution in [0.3, 0.4) is 0 Å². The summed E-state index contributed by atoms with van der Waals surface area (Å²) in [6.07, 6.45) is 5.09. The number of ether oxygens (including phenoxy) is 2. The minimum absolute atomic E-state index is 0.408. The Kier molecular flexibility index (Phi) is 8.76. The van der Waals surface area contributed by atoms with E-state index in [2.05, 4.69) is 21.5 Å². The van der Waals surface area contributed by atoms with E-state index >= 15 is 0 Å². The monoisotopic (exact) mass is 494 g/mol. The molecule has 2 aliphatic rings. The van der Waals surface area contributed by atoms with Gasteiger partial charge < -0.3 is 24.4 Å². The van der Waals surface area contributed by atoms with Gasteiger partial charge in [-0.15, -0.1) is 0 Å². The molecule has 36 heavy (non-hydrogen) atoms. The van der Waals surface area contributed by atoms with E-state index in [1.807, 2.05) is 59.9 Å². The van der Waals surface area contributed by atoms with Crippen LogP contribution in [0.25, 0.3) is 5.52 Å². The molecule has 8 nitrogen and oxygen atoms in total. The number of nitrogens with zero attached hydrogens (tertiary/aromatic N) is 4. The number of β-amino-alcohol motifs (C(OH)–C–C–N with tert-alkyl or cyclic N) is 1. The van der Waals surface area contributed by atoms with Gasteiger partial charge in [-0.25, -0.2) is 4.52 Å². The van der Waals surface area contributed by atoms with Gasteiger partial charge in [0.05, 0.1) is 24.0 Å². The number of carbonyl (C=O) groups excluding carboxylic acids is 1. The minimum atomic E-state index is -0.408. The Morgan fingerprint density at radius 3 is 2.61 bits per heavy atom. The second-order valence-corrected chi connectivity index (χ2v) is 9.27. The maximum Gasteiger partial charge on any atom is 0.154 e. The van der Waals surface area contributed by atoms with Crippen LogP contribution in [0.2, 0.25) is 0 Å². The Morgan fingerprint density at radius 2 is 2.03 bits per heavy atom. The van der Waals surface area contributed by atoms with Crippen LogP contribution in [0.4, 0.5) is 5.69 Å². The molecule has 1 N–H and O–H groups in total. The number of carbonyl (C=O) groups is 1. The number of hydrogen-bond acceptors (Lipinski definition) is 7. The number of aliphatic hydroxyl groups is 1. The van der Waals surface area contributed by atoms with Gasteiger partial charge in [0.25, 0.3) is 0 Å². The fraction of sp³-hybridized carbons (Fsp3) is 0.429. The predicted molar refractivity (Wildman–Crippen MR) is 144 cm³/mol. The van der Waals surface area contributed by atoms with Gasteiger partial charge >= 0.3 is 0 Å². The minimum Gasteiger partial charge on any atom is -0.489 e. The van der Waals surface area contributed by atoms with Crippen LogP contribution in [-0.2, 0) is 0 Å². The van der Waals surface area contributed by atoms with E-state index in [-0.39, 0.29) is 0 Å². The van der Waals surface area contributed by atoms with Crippen molar-refractivity contribution in [2.24, 2.45) is 0 Å². The van der Waals surface area contributed by atoms with Crippen molar-refractivity contribution in [2.75, 3.05) is 38.2 Å². The van der Waals surface area contributed by atoms with Crippen molar-refractivity contribution >= 4 is 17.5 Å². The molecule has 2 aliphatic heterocycles. The van der Waals surface area contributed by atoms with Crippen LogP contribution < -0.4 is 14.4 Å². The number of fused-ring (bicyclic) bond motifs is 2. The van der Waals surface area contributed by atoms with Gasteiger partial charge in [-0.1, -0.05) is 20.4 Å². The number of likely N-dealkylation sites (tertiary alicyclic amines) is 1. The number of likely N-dealkylation sites (N-methyl/N-ethyl adjacent to an activating group) is 1. The topological polar surface area (TPSA) is 79.5 Å². The molecule has 0 aliphatic carbocycles. The summed E-state index contributed by atoms with van der Waals surface area (Å²) < 4.78 is 13.5. The zero-order valence-electron chi connectivity index (χ0n) is 22.2. The largest absolute Gasteiger partial charge is 0.489 e. The maximum absolute atomic E-state index is 11.2. The zero-order valence-corrected chi connectivity index (χ0v) is 22.2.